The van der Waals surface area contributed by atoms with Crippen molar-refractivity contribution in [3.8, 4) is 5.75 Å². The minimum Gasteiger partial charge on any atom is -0.462 e. The van der Waals surface area contributed by atoms with E-state index >= 15 is 0 Å². The number of hydrogen-bond acceptors (Lipinski definition) is 6. The van der Waals surface area contributed by atoms with Crippen LogP contribution in [0.2, 0.25) is 10.0 Å². The van der Waals surface area contributed by atoms with E-state index in [9.17, 15) is 9.59 Å². The Balaban J connectivity index is 2.31. The van der Waals surface area contributed by atoms with Crippen LogP contribution in [0.15, 0.2) is 44.9 Å². The molecule has 0 amide bonds. The first kappa shape index (κ1) is 18.4. The quantitative estimate of drug-likeness (QED) is 0.799. The summed E-state index contributed by atoms with van der Waals surface area (Å²) in [7, 11) is 0. The summed E-state index contributed by atoms with van der Waals surface area (Å²) in [5.41, 5.74) is 5.91. The number of fused-ring (bicyclic) bond motifs is 1. The predicted molar refractivity (Wildman–Crippen MR) is 96.5 cm³/mol. The number of carbonyl (C=O) groups excluding carboxylic acids is 1. The highest BCUT2D eigenvalue weighted by molar-refractivity contribution is 6.35. The lowest BCUT2D eigenvalue weighted by Crippen LogP contribution is -2.31. The number of esters is 1. The molecule has 0 fully saturated rings. The highest BCUT2D eigenvalue weighted by atomic mass is 35.5. The van der Waals surface area contributed by atoms with Crippen molar-refractivity contribution in [3.05, 3.63) is 73.1 Å². The van der Waals surface area contributed by atoms with Crippen LogP contribution in [0.5, 0.6) is 5.75 Å². The number of ether oxygens (including phenoxy) is 2. The largest absolute Gasteiger partial charge is 0.462 e. The van der Waals surface area contributed by atoms with Crippen molar-refractivity contribution in [2.24, 2.45) is 5.73 Å². The Kier molecular flexibility index (Phi) is 4.98. The first-order chi connectivity index (χ1) is 12.3. The molecule has 1 aromatic carbocycles. The molecule has 3 rings (SSSR count). The third-order valence-electron chi connectivity index (χ3n) is 3.90. The number of nitrogens with two attached hydrogens (primary N) is 1. The van der Waals surface area contributed by atoms with Crippen molar-refractivity contribution in [1.29, 1.82) is 0 Å². The Bertz CT molecular complexity index is 980. The highest BCUT2D eigenvalue weighted by Gasteiger charge is 2.39. The summed E-state index contributed by atoms with van der Waals surface area (Å²) < 4.78 is 15.8. The molecule has 26 heavy (non-hydrogen) atoms. The molecule has 6 nitrogen and oxygen atoms in total. The molecule has 0 saturated heterocycles. The average molecular weight is 396 g/mol. The van der Waals surface area contributed by atoms with Gasteiger partial charge in [0.15, 0.2) is 0 Å². The van der Waals surface area contributed by atoms with Gasteiger partial charge in [-0.1, -0.05) is 29.3 Å². The summed E-state index contributed by atoms with van der Waals surface area (Å²) >= 11 is 12.3. The Morgan fingerprint density at radius 3 is 2.69 bits per heavy atom. The average Bonchev–Trinajstić information content (AvgIpc) is 2.53. The Morgan fingerprint density at radius 2 is 2.04 bits per heavy atom. The first-order valence-corrected chi connectivity index (χ1v) is 8.53. The molecule has 0 spiro atoms. The molecule has 1 aliphatic rings. The van der Waals surface area contributed by atoms with Gasteiger partial charge in [0.2, 0.25) is 5.88 Å². The minimum atomic E-state index is -0.903. The van der Waals surface area contributed by atoms with Gasteiger partial charge < -0.3 is 19.6 Å². The molecule has 0 radical (unpaired) electrons. The van der Waals surface area contributed by atoms with Gasteiger partial charge in [0, 0.05) is 16.1 Å². The van der Waals surface area contributed by atoms with Gasteiger partial charge in [-0.15, -0.1) is 0 Å². The van der Waals surface area contributed by atoms with Crippen LogP contribution >= 0.6 is 23.2 Å². The smallest absolute Gasteiger partial charge is 0.343 e. The Hall–Kier alpha value is -2.44. The molecule has 136 valence electrons. The molecule has 0 bridgehead atoms. The maximum atomic E-state index is 12.5. The van der Waals surface area contributed by atoms with Crippen molar-refractivity contribution in [1.82, 2.24) is 0 Å². The molecule has 0 unspecified atom stereocenters. The second kappa shape index (κ2) is 7.05. The molecule has 0 saturated carbocycles. The topological polar surface area (TPSA) is 91.8 Å². The first-order valence-electron chi connectivity index (χ1n) is 7.77. The van der Waals surface area contributed by atoms with Crippen molar-refractivity contribution in [3.63, 3.8) is 0 Å². The van der Waals surface area contributed by atoms with E-state index in [-0.39, 0.29) is 34.4 Å². The second-order valence-electron chi connectivity index (χ2n) is 5.62. The van der Waals surface area contributed by atoms with Gasteiger partial charge in [-0.05, 0) is 31.5 Å². The number of rotatable bonds is 3. The van der Waals surface area contributed by atoms with Crippen molar-refractivity contribution in [2.75, 3.05) is 6.61 Å². The number of halogens is 2. The Morgan fingerprint density at radius 1 is 1.31 bits per heavy atom. The summed E-state index contributed by atoms with van der Waals surface area (Å²) in [5, 5.41) is 0.682. The van der Waals surface area contributed by atoms with E-state index in [0.717, 1.165) is 0 Å². The van der Waals surface area contributed by atoms with E-state index in [4.69, 9.17) is 42.8 Å². The standard InChI is InChI=1S/C18H15Cl2NO5/c1-3-24-17(22)15-13(10-5-4-9(19)7-11(10)20)14-12(26-16(15)21)6-8(2)25-18(14)23/h4-7,13H,3,21H2,1-2H3/t13-/m1/s1. The fourth-order valence-electron chi connectivity index (χ4n) is 2.87. The van der Waals surface area contributed by atoms with Crippen LogP contribution in [0.4, 0.5) is 0 Å². The van der Waals surface area contributed by atoms with Crippen LogP contribution in [0, 0.1) is 6.92 Å². The van der Waals surface area contributed by atoms with Gasteiger partial charge in [-0.3, -0.25) is 0 Å². The van der Waals surface area contributed by atoms with E-state index in [1.165, 1.54) is 12.1 Å². The number of hydrogen-bond donors (Lipinski definition) is 1. The van der Waals surface area contributed by atoms with E-state index in [1.807, 2.05) is 0 Å². The molecule has 8 heteroatoms. The number of benzene rings is 1. The van der Waals surface area contributed by atoms with Crippen LogP contribution in [-0.2, 0) is 9.53 Å². The predicted octanol–water partition coefficient (Wildman–Crippen LogP) is 3.51. The molecule has 2 heterocycles. The van der Waals surface area contributed by atoms with Crippen molar-refractivity contribution in [2.45, 2.75) is 19.8 Å². The fraction of sp³-hybridized carbons (Fsp3) is 0.222. The van der Waals surface area contributed by atoms with Crippen LogP contribution < -0.4 is 16.1 Å². The lowest BCUT2D eigenvalue weighted by Gasteiger charge is -2.27. The van der Waals surface area contributed by atoms with E-state index in [1.54, 1.807) is 26.0 Å². The SMILES string of the molecule is CCOC(=O)C1=C(N)Oc2cc(C)oc(=O)c2[C@H]1c1ccc(Cl)cc1Cl. The van der Waals surface area contributed by atoms with Gasteiger partial charge in [0.05, 0.1) is 18.1 Å². The van der Waals surface area contributed by atoms with Crippen LogP contribution in [-0.4, -0.2) is 12.6 Å². The molecule has 2 aromatic rings. The molecular weight excluding hydrogens is 381 g/mol. The summed E-state index contributed by atoms with van der Waals surface area (Å²) in [6, 6.07) is 6.27. The third kappa shape index (κ3) is 3.18. The molecule has 1 aromatic heterocycles. The number of aryl methyl sites for hydroxylation is 1. The zero-order chi connectivity index (χ0) is 19.0. The zero-order valence-corrected chi connectivity index (χ0v) is 15.5. The molecule has 0 aliphatic carbocycles. The van der Waals surface area contributed by atoms with Crippen LogP contribution in [0.3, 0.4) is 0 Å². The van der Waals surface area contributed by atoms with Gasteiger partial charge >= 0.3 is 11.6 Å². The third-order valence-corrected chi connectivity index (χ3v) is 4.47. The maximum Gasteiger partial charge on any atom is 0.343 e. The summed E-state index contributed by atoms with van der Waals surface area (Å²) in [6.45, 7) is 3.40. The van der Waals surface area contributed by atoms with Crippen molar-refractivity contribution >= 4 is 29.2 Å². The summed E-state index contributed by atoms with van der Waals surface area (Å²) in [5.74, 6) is -1.20. The maximum absolute atomic E-state index is 12.5. The molecule has 1 atom stereocenters. The van der Waals surface area contributed by atoms with E-state index in [0.29, 0.717) is 16.3 Å². The van der Waals surface area contributed by atoms with Gasteiger partial charge in [-0.2, -0.15) is 0 Å². The van der Waals surface area contributed by atoms with Crippen LogP contribution in [0.25, 0.3) is 0 Å². The minimum absolute atomic E-state index is 0.0141. The van der Waals surface area contributed by atoms with Crippen molar-refractivity contribution < 1.29 is 18.7 Å². The van der Waals surface area contributed by atoms with E-state index < -0.39 is 17.5 Å². The summed E-state index contributed by atoms with van der Waals surface area (Å²) in [6.07, 6.45) is 0. The van der Waals surface area contributed by atoms with Crippen LogP contribution in [0.1, 0.15) is 29.7 Å². The summed E-state index contributed by atoms with van der Waals surface area (Å²) in [4.78, 5) is 25.1. The Labute approximate surface area is 159 Å². The lowest BCUT2D eigenvalue weighted by molar-refractivity contribution is -0.139. The van der Waals surface area contributed by atoms with E-state index in [2.05, 4.69) is 0 Å². The molecule has 1 aliphatic heterocycles. The normalized spacial score (nSPS) is 16.1. The molecular formula is C18H15Cl2NO5. The number of carbonyl (C=O) groups is 1. The highest BCUT2D eigenvalue weighted by Crippen LogP contribution is 2.43. The zero-order valence-electron chi connectivity index (χ0n) is 14.0. The monoisotopic (exact) mass is 395 g/mol. The van der Waals surface area contributed by atoms with Gasteiger partial charge in [0.25, 0.3) is 0 Å². The van der Waals surface area contributed by atoms with Gasteiger partial charge in [-0.25, -0.2) is 9.59 Å². The fourth-order valence-corrected chi connectivity index (χ4v) is 3.39. The second-order valence-corrected chi connectivity index (χ2v) is 6.47. The van der Waals surface area contributed by atoms with Gasteiger partial charge in [0.1, 0.15) is 17.1 Å². The molecule has 2 N–H and O–H groups in total. The lowest BCUT2D eigenvalue weighted by atomic mass is 9.83.